The van der Waals surface area contributed by atoms with Crippen LogP contribution in [0.25, 0.3) is 0 Å². The number of hydrogen-bond acceptors (Lipinski definition) is 11. The molecule has 0 bridgehead atoms. The molecule has 0 N–H and O–H groups in total. The van der Waals surface area contributed by atoms with Crippen LogP contribution in [0.15, 0.2) is 110 Å². The molecule has 1 saturated heterocycles. The van der Waals surface area contributed by atoms with Gasteiger partial charge in [-0.2, -0.15) is 8.42 Å². The largest absolute Gasteiger partial charge is 0.459 e. The van der Waals surface area contributed by atoms with Crippen molar-refractivity contribution in [3.63, 3.8) is 0 Å². The third-order valence-electron chi connectivity index (χ3n) is 6.11. The van der Waals surface area contributed by atoms with Crippen molar-refractivity contribution in [1.29, 1.82) is 0 Å². The second kappa shape index (κ2) is 12.8. The quantitative estimate of drug-likeness (QED) is 0.198. The molecule has 216 valence electrons. The smallest absolute Gasteiger partial charge is 0.367 e. The van der Waals surface area contributed by atoms with Crippen LogP contribution < -0.4 is 0 Å². The Hall–Kier alpha value is -4.85. The van der Waals surface area contributed by atoms with E-state index in [1.165, 1.54) is 30.5 Å². The molecule has 1 fully saturated rings. The van der Waals surface area contributed by atoms with Crippen LogP contribution in [0.4, 0.5) is 0 Å². The molecule has 1 aliphatic rings. The maximum Gasteiger partial charge on any atom is 0.367 e. The summed E-state index contributed by atoms with van der Waals surface area (Å²) in [5, 5.41) is 0. The maximum atomic E-state index is 13.1. The lowest BCUT2D eigenvalue weighted by Gasteiger charge is -2.23. The summed E-state index contributed by atoms with van der Waals surface area (Å²) in [6.45, 7) is -0.495. The van der Waals surface area contributed by atoms with E-state index in [9.17, 15) is 22.8 Å². The fourth-order valence-electron chi connectivity index (χ4n) is 4.06. The van der Waals surface area contributed by atoms with Crippen LogP contribution >= 0.6 is 0 Å². The summed E-state index contributed by atoms with van der Waals surface area (Å²) in [5.74, 6) is -2.41. The molecule has 3 aromatic carbocycles. The van der Waals surface area contributed by atoms with Crippen LogP contribution in [-0.4, -0.2) is 66.5 Å². The standard InChI is InChI=1S/C29H24N2O10S/c32-26(20-10-4-1-5-11-20)37-18-23-24(39-27(33)21-12-6-2-7-13-21)25(41-42(35,36)31-17-16-30-19-31)29(38-23)40-28(34)22-14-8-3-9-15-22/h1-17,19,23-25,29H,18H2/t23-,24?,25+,29+/m1/s1. The predicted molar refractivity (Wildman–Crippen MR) is 144 cm³/mol. The highest BCUT2D eigenvalue weighted by atomic mass is 32.2. The Morgan fingerprint density at radius 3 is 1.79 bits per heavy atom. The summed E-state index contributed by atoms with van der Waals surface area (Å²) in [7, 11) is -4.58. The highest BCUT2D eigenvalue weighted by Gasteiger charge is 2.53. The number of ether oxygens (including phenoxy) is 4. The minimum Gasteiger partial charge on any atom is -0.459 e. The zero-order valence-corrected chi connectivity index (χ0v) is 22.6. The van der Waals surface area contributed by atoms with Gasteiger partial charge >= 0.3 is 28.2 Å². The first-order valence-corrected chi connectivity index (χ1v) is 14.0. The maximum absolute atomic E-state index is 13.1. The van der Waals surface area contributed by atoms with Crippen molar-refractivity contribution in [3.8, 4) is 0 Å². The van der Waals surface area contributed by atoms with E-state index in [-0.39, 0.29) is 16.7 Å². The van der Waals surface area contributed by atoms with Crippen molar-refractivity contribution < 1.29 is 45.9 Å². The van der Waals surface area contributed by atoms with E-state index in [4.69, 9.17) is 23.1 Å². The molecule has 4 aromatic rings. The van der Waals surface area contributed by atoms with E-state index in [2.05, 4.69) is 4.98 Å². The molecule has 2 heterocycles. The van der Waals surface area contributed by atoms with Gasteiger partial charge in [0.15, 0.2) is 12.2 Å². The van der Waals surface area contributed by atoms with Crippen molar-refractivity contribution in [1.82, 2.24) is 8.96 Å². The van der Waals surface area contributed by atoms with Gasteiger partial charge in [-0.1, -0.05) is 54.6 Å². The molecule has 0 aliphatic carbocycles. The summed E-state index contributed by atoms with van der Waals surface area (Å²) < 4.78 is 54.7. The van der Waals surface area contributed by atoms with Crippen LogP contribution in [0, 0.1) is 0 Å². The Kier molecular flexibility index (Phi) is 8.71. The van der Waals surface area contributed by atoms with E-state index in [1.807, 2.05) is 0 Å². The summed E-state index contributed by atoms with van der Waals surface area (Å²) >= 11 is 0. The first kappa shape index (κ1) is 28.7. The van der Waals surface area contributed by atoms with E-state index in [1.54, 1.807) is 66.7 Å². The molecule has 0 spiro atoms. The normalized spacial score (nSPS) is 20.0. The van der Waals surface area contributed by atoms with Crippen molar-refractivity contribution in [2.75, 3.05) is 6.61 Å². The Labute approximate surface area is 240 Å². The number of hydrogen-bond donors (Lipinski definition) is 0. The van der Waals surface area contributed by atoms with Crippen LogP contribution in [0.3, 0.4) is 0 Å². The van der Waals surface area contributed by atoms with E-state index < -0.39 is 59.4 Å². The molecular formula is C29H24N2O10S. The SMILES string of the molecule is O=C(OC[C@H]1O[C@@H](OC(=O)c2ccccc2)[C@@H](OS(=O)(=O)n2ccnc2)C1OC(=O)c1ccccc1)c1ccccc1. The number of aromatic nitrogens is 2. The number of benzene rings is 3. The molecule has 4 atom stereocenters. The Morgan fingerprint density at radius 1 is 0.738 bits per heavy atom. The van der Waals surface area contributed by atoms with Crippen LogP contribution in [-0.2, 0) is 33.4 Å². The second-order valence-electron chi connectivity index (χ2n) is 8.93. The molecule has 12 nitrogen and oxygen atoms in total. The molecule has 1 unspecified atom stereocenters. The third-order valence-corrected chi connectivity index (χ3v) is 7.31. The Morgan fingerprint density at radius 2 is 1.26 bits per heavy atom. The molecule has 42 heavy (non-hydrogen) atoms. The Balaban J connectivity index is 1.46. The van der Waals surface area contributed by atoms with E-state index in [0.717, 1.165) is 12.5 Å². The highest BCUT2D eigenvalue weighted by molar-refractivity contribution is 7.85. The minimum atomic E-state index is -4.58. The van der Waals surface area contributed by atoms with E-state index in [0.29, 0.717) is 3.97 Å². The van der Waals surface area contributed by atoms with Crippen molar-refractivity contribution in [2.45, 2.75) is 24.6 Å². The zero-order valence-electron chi connectivity index (χ0n) is 21.8. The second-order valence-corrected chi connectivity index (χ2v) is 10.4. The number of carbonyl (C=O) groups excluding carboxylic acids is 3. The lowest BCUT2D eigenvalue weighted by molar-refractivity contribution is -0.135. The van der Waals surface area contributed by atoms with Gasteiger partial charge in [-0.3, -0.25) is 0 Å². The van der Waals surface area contributed by atoms with Gasteiger partial charge in [0.1, 0.15) is 19.0 Å². The average molecular weight is 593 g/mol. The average Bonchev–Trinajstić information content (AvgIpc) is 3.67. The van der Waals surface area contributed by atoms with Crippen LogP contribution in [0.1, 0.15) is 31.1 Å². The third kappa shape index (κ3) is 6.71. The summed E-state index contributed by atoms with van der Waals surface area (Å²) in [6.07, 6.45) is -2.85. The molecule has 0 amide bonds. The number of nitrogens with zero attached hydrogens (tertiary/aromatic N) is 2. The summed E-state index contributed by atoms with van der Waals surface area (Å²) in [5.41, 5.74) is 0.545. The lowest BCUT2D eigenvalue weighted by Crippen LogP contribution is -2.43. The molecule has 1 aromatic heterocycles. The fourth-order valence-corrected chi connectivity index (χ4v) is 5.02. The monoisotopic (exact) mass is 592 g/mol. The predicted octanol–water partition coefficient (Wildman–Crippen LogP) is 3.03. The van der Waals surface area contributed by atoms with Gasteiger partial charge in [0.05, 0.1) is 16.7 Å². The summed E-state index contributed by atoms with van der Waals surface area (Å²) in [4.78, 5) is 42.4. The minimum absolute atomic E-state index is 0.147. The zero-order chi connectivity index (χ0) is 29.5. The molecule has 0 radical (unpaired) electrons. The fraction of sp³-hybridized carbons (Fsp3) is 0.172. The van der Waals surface area contributed by atoms with Gasteiger partial charge in [0.25, 0.3) is 0 Å². The molecule has 13 heteroatoms. The molecule has 5 rings (SSSR count). The molecule has 1 aliphatic heterocycles. The van der Waals surface area contributed by atoms with E-state index >= 15 is 0 Å². The van der Waals surface area contributed by atoms with Gasteiger partial charge in [-0.25, -0.2) is 27.5 Å². The van der Waals surface area contributed by atoms with Crippen molar-refractivity contribution >= 4 is 28.2 Å². The highest BCUT2D eigenvalue weighted by Crippen LogP contribution is 2.31. The number of rotatable bonds is 10. The van der Waals surface area contributed by atoms with Crippen molar-refractivity contribution in [3.05, 3.63) is 126 Å². The van der Waals surface area contributed by atoms with Crippen LogP contribution in [0.2, 0.25) is 0 Å². The molecular weight excluding hydrogens is 568 g/mol. The lowest BCUT2D eigenvalue weighted by atomic mass is 10.1. The van der Waals surface area contributed by atoms with Gasteiger partial charge in [-0.15, -0.1) is 0 Å². The first-order chi connectivity index (χ1) is 20.3. The van der Waals surface area contributed by atoms with Crippen LogP contribution in [0.5, 0.6) is 0 Å². The number of carbonyl (C=O) groups is 3. The van der Waals surface area contributed by atoms with Gasteiger partial charge in [0, 0.05) is 12.4 Å². The first-order valence-electron chi connectivity index (χ1n) is 12.6. The number of esters is 3. The number of imidazole rings is 1. The van der Waals surface area contributed by atoms with Gasteiger partial charge < -0.3 is 18.9 Å². The van der Waals surface area contributed by atoms with Crippen molar-refractivity contribution in [2.24, 2.45) is 0 Å². The van der Waals surface area contributed by atoms with Gasteiger partial charge in [0.2, 0.25) is 6.29 Å². The summed E-state index contributed by atoms with van der Waals surface area (Å²) in [6, 6.07) is 23.9. The van der Waals surface area contributed by atoms with Gasteiger partial charge in [-0.05, 0) is 36.4 Å². The Bertz CT molecular complexity index is 1610. The topological polar surface area (TPSA) is 149 Å². The molecule has 0 saturated carbocycles.